The number of amides is 1. The summed E-state index contributed by atoms with van der Waals surface area (Å²) in [5, 5.41) is 8.11. The van der Waals surface area contributed by atoms with E-state index < -0.39 is 10.0 Å². The van der Waals surface area contributed by atoms with Gasteiger partial charge in [-0.2, -0.15) is 0 Å². The highest BCUT2D eigenvalue weighted by Gasteiger charge is 2.20. The highest BCUT2D eigenvalue weighted by Crippen LogP contribution is 2.25. The second-order valence-electron chi connectivity index (χ2n) is 8.50. The molecule has 3 rings (SSSR count). The van der Waals surface area contributed by atoms with Crippen LogP contribution in [0.2, 0.25) is 0 Å². The molecule has 7 nitrogen and oxygen atoms in total. The van der Waals surface area contributed by atoms with Crippen LogP contribution in [0.3, 0.4) is 0 Å². The lowest BCUT2D eigenvalue weighted by Gasteiger charge is -2.32. The maximum atomic E-state index is 12.7. The lowest BCUT2D eigenvalue weighted by atomic mass is 10.1. The molecule has 1 atom stereocenters. The van der Waals surface area contributed by atoms with E-state index in [0.29, 0.717) is 19.5 Å². The number of nitrogens with two attached hydrogens (primary N) is 1. The van der Waals surface area contributed by atoms with Gasteiger partial charge in [0.25, 0.3) is 0 Å². The number of benzene rings is 2. The SMILES string of the molecule is C[C@H](C(=O)NCCc1ccc(S(N)(=O)=O)cc1)N(C)Cc1ccccc1N1CCCCC1. The molecule has 1 amide bonds. The van der Waals surface area contributed by atoms with E-state index in [4.69, 9.17) is 5.14 Å². The first-order valence-electron chi connectivity index (χ1n) is 11.2. The molecule has 0 radical (unpaired) electrons. The van der Waals surface area contributed by atoms with Crippen LogP contribution in [0.25, 0.3) is 0 Å². The van der Waals surface area contributed by atoms with Gasteiger partial charge in [0, 0.05) is 31.9 Å². The zero-order chi connectivity index (χ0) is 23.1. The number of anilines is 1. The lowest BCUT2D eigenvalue weighted by Crippen LogP contribution is -2.43. The van der Waals surface area contributed by atoms with Gasteiger partial charge in [-0.3, -0.25) is 9.69 Å². The molecule has 1 saturated heterocycles. The Morgan fingerprint density at radius 2 is 1.75 bits per heavy atom. The quantitative estimate of drug-likeness (QED) is 0.602. The minimum Gasteiger partial charge on any atom is -0.371 e. The predicted molar refractivity (Wildman–Crippen MR) is 128 cm³/mol. The van der Waals surface area contributed by atoms with E-state index >= 15 is 0 Å². The van der Waals surface area contributed by atoms with Gasteiger partial charge in [-0.1, -0.05) is 30.3 Å². The van der Waals surface area contributed by atoms with Crippen molar-refractivity contribution in [1.29, 1.82) is 0 Å². The number of nitrogens with zero attached hydrogens (tertiary/aromatic N) is 2. The van der Waals surface area contributed by atoms with Crippen molar-refractivity contribution in [1.82, 2.24) is 10.2 Å². The summed E-state index contributed by atoms with van der Waals surface area (Å²) in [5.74, 6) is -0.0240. The van der Waals surface area contributed by atoms with Crippen LogP contribution in [-0.4, -0.2) is 51.9 Å². The number of likely N-dealkylation sites (N-methyl/N-ethyl adjacent to an activating group) is 1. The topological polar surface area (TPSA) is 95.7 Å². The molecule has 0 aromatic heterocycles. The van der Waals surface area contributed by atoms with Gasteiger partial charge in [0.05, 0.1) is 10.9 Å². The third kappa shape index (κ3) is 6.54. The number of carbonyl (C=O) groups is 1. The van der Waals surface area contributed by atoms with Crippen LogP contribution in [0, 0.1) is 0 Å². The standard InChI is InChI=1S/C24H34N4O3S/c1-19(24(29)26-15-14-20-10-12-22(13-11-20)32(25,30)31)27(2)18-21-8-4-5-9-23(21)28-16-6-3-7-17-28/h4-5,8-13,19H,3,6-7,14-18H2,1-2H3,(H,26,29)(H2,25,30,31)/t19-/m1/s1. The fourth-order valence-electron chi connectivity index (χ4n) is 4.02. The van der Waals surface area contributed by atoms with Crippen molar-refractivity contribution in [3.63, 3.8) is 0 Å². The van der Waals surface area contributed by atoms with E-state index in [1.807, 2.05) is 14.0 Å². The van der Waals surface area contributed by atoms with Crippen molar-refractivity contribution in [2.24, 2.45) is 5.14 Å². The molecule has 174 valence electrons. The van der Waals surface area contributed by atoms with Crippen LogP contribution < -0.4 is 15.4 Å². The highest BCUT2D eigenvalue weighted by atomic mass is 32.2. The first kappa shape index (κ1) is 24.2. The van der Waals surface area contributed by atoms with Crippen LogP contribution in [0.15, 0.2) is 53.4 Å². The fourth-order valence-corrected chi connectivity index (χ4v) is 4.53. The van der Waals surface area contributed by atoms with Gasteiger partial charge in [-0.15, -0.1) is 0 Å². The molecule has 0 aliphatic carbocycles. The van der Waals surface area contributed by atoms with Crippen molar-refractivity contribution in [2.45, 2.75) is 50.1 Å². The average molecular weight is 459 g/mol. The number of nitrogens with one attached hydrogen (secondary N) is 1. The minimum atomic E-state index is -3.69. The Hall–Kier alpha value is -2.42. The largest absolute Gasteiger partial charge is 0.371 e. The van der Waals surface area contributed by atoms with Gasteiger partial charge in [0.1, 0.15) is 0 Å². The zero-order valence-corrected chi connectivity index (χ0v) is 19.8. The molecule has 1 aliphatic rings. The number of hydrogen-bond acceptors (Lipinski definition) is 5. The summed E-state index contributed by atoms with van der Waals surface area (Å²) in [6, 6.07) is 14.6. The summed E-state index contributed by atoms with van der Waals surface area (Å²) in [4.78, 5) is 17.3. The summed E-state index contributed by atoms with van der Waals surface area (Å²) in [7, 11) is -1.71. The van der Waals surface area contributed by atoms with Crippen LogP contribution in [-0.2, 0) is 27.8 Å². The molecule has 32 heavy (non-hydrogen) atoms. The van der Waals surface area contributed by atoms with Gasteiger partial charge < -0.3 is 10.2 Å². The minimum absolute atomic E-state index is 0.0240. The predicted octanol–water partition coefficient (Wildman–Crippen LogP) is 2.50. The normalized spacial score (nSPS) is 15.6. The second kappa shape index (κ2) is 10.9. The Morgan fingerprint density at radius 1 is 1.09 bits per heavy atom. The maximum Gasteiger partial charge on any atom is 0.238 e. The maximum absolute atomic E-state index is 12.7. The lowest BCUT2D eigenvalue weighted by molar-refractivity contribution is -0.125. The van der Waals surface area contributed by atoms with Crippen molar-refractivity contribution >= 4 is 21.6 Å². The molecular formula is C24H34N4O3S. The highest BCUT2D eigenvalue weighted by molar-refractivity contribution is 7.89. The Bertz CT molecular complexity index is 1000. The van der Waals surface area contributed by atoms with E-state index in [0.717, 1.165) is 18.7 Å². The zero-order valence-electron chi connectivity index (χ0n) is 19.0. The molecule has 1 heterocycles. The van der Waals surface area contributed by atoms with Crippen molar-refractivity contribution < 1.29 is 13.2 Å². The number of sulfonamides is 1. The number of primary sulfonamides is 1. The number of piperidine rings is 1. The van der Waals surface area contributed by atoms with Gasteiger partial charge in [-0.25, -0.2) is 13.6 Å². The van der Waals surface area contributed by atoms with Gasteiger partial charge in [-0.05, 0) is 69.0 Å². The molecule has 3 N–H and O–H groups in total. The smallest absolute Gasteiger partial charge is 0.238 e. The second-order valence-corrected chi connectivity index (χ2v) is 10.1. The molecule has 0 bridgehead atoms. The molecule has 0 spiro atoms. The molecule has 0 unspecified atom stereocenters. The number of carbonyl (C=O) groups excluding carboxylic acids is 1. The molecule has 1 fully saturated rings. The van der Waals surface area contributed by atoms with Gasteiger partial charge in [0.2, 0.25) is 15.9 Å². The number of hydrogen-bond donors (Lipinski definition) is 2. The Labute approximate surface area is 191 Å². The van der Waals surface area contributed by atoms with E-state index in [1.165, 1.54) is 42.6 Å². The molecule has 0 saturated carbocycles. The number of para-hydroxylation sites is 1. The van der Waals surface area contributed by atoms with E-state index in [2.05, 4.69) is 39.4 Å². The van der Waals surface area contributed by atoms with Crippen molar-refractivity contribution in [2.75, 3.05) is 31.6 Å². The molecule has 2 aromatic rings. The van der Waals surface area contributed by atoms with Crippen molar-refractivity contribution in [3.8, 4) is 0 Å². The summed E-state index contributed by atoms with van der Waals surface area (Å²) in [5.41, 5.74) is 3.45. The Kier molecular flexibility index (Phi) is 8.28. The molecular weight excluding hydrogens is 424 g/mol. The van der Waals surface area contributed by atoms with E-state index in [-0.39, 0.29) is 16.8 Å². The van der Waals surface area contributed by atoms with E-state index in [9.17, 15) is 13.2 Å². The molecule has 2 aromatic carbocycles. The summed E-state index contributed by atoms with van der Waals surface area (Å²) in [6.45, 7) is 5.29. The number of rotatable bonds is 9. The summed E-state index contributed by atoms with van der Waals surface area (Å²) >= 11 is 0. The summed E-state index contributed by atoms with van der Waals surface area (Å²) < 4.78 is 22.7. The fraction of sp³-hybridized carbons (Fsp3) is 0.458. The van der Waals surface area contributed by atoms with Crippen LogP contribution in [0.1, 0.15) is 37.3 Å². The Morgan fingerprint density at radius 3 is 2.41 bits per heavy atom. The Balaban J connectivity index is 1.51. The van der Waals surface area contributed by atoms with Gasteiger partial charge >= 0.3 is 0 Å². The first-order chi connectivity index (χ1) is 15.3. The molecule has 1 aliphatic heterocycles. The molecule has 8 heteroatoms. The van der Waals surface area contributed by atoms with Crippen molar-refractivity contribution in [3.05, 3.63) is 59.7 Å². The third-order valence-electron chi connectivity index (χ3n) is 6.11. The first-order valence-corrected chi connectivity index (χ1v) is 12.7. The average Bonchev–Trinajstić information content (AvgIpc) is 2.79. The third-order valence-corrected chi connectivity index (χ3v) is 7.04. The van der Waals surface area contributed by atoms with Gasteiger partial charge in [0.15, 0.2) is 0 Å². The monoisotopic (exact) mass is 458 g/mol. The van der Waals surface area contributed by atoms with E-state index in [1.54, 1.807) is 12.1 Å². The van der Waals surface area contributed by atoms with Crippen LogP contribution in [0.5, 0.6) is 0 Å². The van der Waals surface area contributed by atoms with Crippen LogP contribution >= 0.6 is 0 Å². The van der Waals surface area contributed by atoms with Crippen LogP contribution in [0.4, 0.5) is 5.69 Å². The summed E-state index contributed by atoms with van der Waals surface area (Å²) in [6.07, 6.45) is 4.37.